The highest BCUT2D eigenvalue weighted by Crippen LogP contribution is 2.39. The molecule has 4 aromatic carbocycles. The van der Waals surface area contributed by atoms with Crippen LogP contribution >= 0.6 is 38.6 Å². The number of hydrogen-bond acceptors (Lipinski definition) is 16. The highest BCUT2D eigenvalue weighted by atomic mass is 79.9. The summed E-state index contributed by atoms with van der Waals surface area (Å²) in [5.74, 6) is 0. The number of urea groups is 2. The number of carbonyl (C=O) groups excluding carboxylic acids is 4. The number of carbonyl (C=O) groups is 4. The lowest BCUT2D eigenvalue weighted by Crippen LogP contribution is -2.42. The summed E-state index contributed by atoms with van der Waals surface area (Å²) in [4.78, 5) is 57.7. The Morgan fingerprint density at radius 1 is 0.607 bits per heavy atom. The number of aryl methyl sites for hydroxylation is 1. The number of anilines is 2. The minimum atomic E-state index is -3.98. The fraction of sp³-hybridized carbons (Fsp3) is 0.452. The smallest absolute Gasteiger partial charge is 0.407 e. The molecular weight excluding hydrogens is 1280 g/mol. The van der Waals surface area contributed by atoms with E-state index in [1.54, 1.807) is 110 Å². The van der Waals surface area contributed by atoms with Crippen LogP contribution in [0.4, 0.5) is 30.6 Å². The molecule has 0 radical (unpaired) electrons. The lowest BCUT2D eigenvalue weighted by Gasteiger charge is -2.28. The van der Waals surface area contributed by atoms with Crippen molar-refractivity contribution in [2.45, 2.75) is 180 Å². The second-order valence-corrected chi connectivity index (χ2v) is 30.2. The monoisotopic (exact) mass is 1370 g/mol. The topological polar surface area (TPSA) is 295 Å². The van der Waals surface area contributed by atoms with Crippen molar-refractivity contribution in [3.63, 3.8) is 0 Å². The Hall–Kier alpha value is -6.56. The molecule has 6 amide bonds. The maximum atomic E-state index is 13.6. The van der Waals surface area contributed by atoms with Crippen molar-refractivity contribution >= 4 is 94.3 Å². The van der Waals surface area contributed by atoms with Crippen molar-refractivity contribution in [3.05, 3.63) is 140 Å². The van der Waals surface area contributed by atoms with Crippen LogP contribution in [0.25, 0.3) is 10.4 Å². The largest absolute Gasteiger partial charge is 0.447 e. The molecule has 0 bridgehead atoms. The van der Waals surface area contributed by atoms with Gasteiger partial charge in [0.1, 0.15) is 22.2 Å². The first-order valence-electron chi connectivity index (χ1n) is 28.6. The van der Waals surface area contributed by atoms with Crippen molar-refractivity contribution in [2.24, 2.45) is 0 Å². The molecule has 0 saturated carbocycles. The van der Waals surface area contributed by atoms with Crippen molar-refractivity contribution in [2.75, 3.05) is 23.8 Å². The summed E-state index contributed by atoms with van der Waals surface area (Å²) in [6, 6.07) is 27.6. The Labute approximate surface area is 540 Å². The first-order valence-corrected chi connectivity index (χ1v) is 34.0. The molecule has 22 nitrogen and oxygen atoms in total. The summed E-state index contributed by atoms with van der Waals surface area (Å²) < 4.78 is 80.6. The van der Waals surface area contributed by atoms with Gasteiger partial charge in [0.05, 0.1) is 62.2 Å². The number of halogens is 1. The maximum Gasteiger partial charge on any atom is 0.407 e. The molecule has 8 rings (SSSR count). The van der Waals surface area contributed by atoms with Crippen molar-refractivity contribution in [3.8, 4) is 10.4 Å². The third-order valence-corrected chi connectivity index (χ3v) is 18.8. The summed E-state index contributed by atoms with van der Waals surface area (Å²) in [6.45, 7) is 21.1. The number of nitrogens with zero attached hydrogens (tertiary/aromatic N) is 2. The molecule has 2 fully saturated rings. The molecule has 27 heteroatoms. The highest BCUT2D eigenvalue weighted by molar-refractivity contribution is 9.11. The van der Waals surface area contributed by atoms with Gasteiger partial charge < -0.3 is 50.8 Å². The summed E-state index contributed by atoms with van der Waals surface area (Å²) in [5, 5.41) is 18.3. The third-order valence-electron chi connectivity index (χ3n) is 12.5. The second-order valence-electron chi connectivity index (χ2n) is 23.4. The number of sulfonamides is 2. The Balaban J connectivity index is 0.000000266. The number of thiazole rings is 2. The average molecular weight is 1370 g/mol. The first-order chi connectivity index (χ1) is 41.4. The van der Waals surface area contributed by atoms with Crippen LogP contribution in [0.2, 0.25) is 0 Å². The fourth-order valence-electron chi connectivity index (χ4n) is 8.74. The second kappa shape index (κ2) is 33.5. The number of ether oxygens (including phenoxy) is 4. The quantitative estimate of drug-likeness (QED) is 0.0421. The minimum absolute atomic E-state index is 0. The van der Waals surface area contributed by atoms with Crippen LogP contribution in [0, 0.1) is 6.92 Å². The van der Waals surface area contributed by atoms with Gasteiger partial charge in [-0.05, 0) is 159 Å². The summed E-state index contributed by atoms with van der Waals surface area (Å²) in [6.07, 6.45) is 5.07. The van der Waals surface area contributed by atoms with Gasteiger partial charge in [0, 0.05) is 47.3 Å². The number of alkyl carbamates (subject to hydrolysis) is 2. The van der Waals surface area contributed by atoms with E-state index in [1.165, 1.54) is 23.5 Å². The zero-order valence-electron chi connectivity index (χ0n) is 51.3. The predicted molar refractivity (Wildman–Crippen MR) is 353 cm³/mol. The van der Waals surface area contributed by atoms with E-state index in [-0.39, 0.29) is 59.8 Å². The molecule has 8 N–H and O–H groups in total. The summed E-state index contributed by atoms with van der Waals surface area (Å²) in [7, 11) is -7.66. The molecule has 2 saturated heterocycles. The standard InChI is InChI=1S/C30H39N5O6S2.C19H25N3O3S.C12H17BrN2O3S.CH4/c1-19(2)41-29(37)34-22-12-14-24(40-18-22)27-31-17-25(42-27)23-13-11-21(15-26(23)43(38,39)35-30(3,4)5)33-28(36)32-16-20-9-7-6-8-10-20;1-14-10-11-16(12-17(14)26(24,25)22-19(2,3)4)21-18(23)20-13-15-8-6-5-7-9-15;1-7(2)18-12(16)15-8-3-4-9(17-6-8)11-14-5-10(13)19-11;/h6-11,13,15,17,19,22,24,35H,12,14,16,18H2,1-5H3,(H,34,37)(H2,32,33,36);5-12,22H,13H2,1-4H3,(H2,20,21,23);5,7-9H,3-4,6H2,1-2H3,(H,15,16);1H4/t22-,24+;;8-,9+;/m1.1./s1. The van der Waals surface area contributed by atoms with E-state index in [4.69, 9.17) is 18.9 Å². The molecule has 4 atom stereocenters. The predicted octanol–water partition coefficient (Wildman–Crippen LogP) is 12.9. The molecule has 2 aliphatic rings. The van der Waals surface area contributed by atoms with Crippen LogP contribution in [-0.2, 0) is 52.1 Å². The average Bonchev–Trinajstić information content (AvgIpc) is 1.84. The minimum Gasteiger partial charge on any atom is -0.447 e. The van der Waals surface area contributed by atoms with Crippen molar-refractivity contribution in [1.29, 1.82) is 0 Å². The van der Waals surface area contributed by atoms with Crippen LogP contribution in [0.5, 0.6) is 0 Å². The molecule has 6 aromatic rings. The first kappa shape index (κ1) is 73.2. The molecule has 0 aliphatic carbocycles. The van der Waals surface area contributed by atoms with E-state index in [0.717, 1.165) is 32.8 Å². The van der Waals surface area contributed by atoms with Crippen molar-refractivity contribution in [1.82, 2.24) is 40.7 Å². The van der Waals surface area contributed by atoms with Gasteiger partial charge in [0.15, 0.2) is 0 Å². The van der Waals surface area contributed by atoms with E-state index in [2.05, 4.69) is 67.2 Å². The Morgan fingerprint density at radius 2 is 1.03 bits per heavy atom. The molecule has 89 heavy (non-hydrogen) atoms. The Morgan fingerprint density at radius 3 is 1.45 bits per heavy atom. The van der Waals surface area contributed by atoms with Gasteiger partial charge in [-0.2, -0.15) is 0 Å². The summed E-state index contributed by atoms with van der Waals surface area (Å²) >= 11 is 6.33. The third kappa shape index (κ3) is 25.0. The molecule has 0 spiro atoms. The van der Waals surface area contributed by atoms with E-state index < -0.39 is 49.3 Å². The van der Waals surface area contributed by atoms with Crippen molar-refractivity contribution < 1.29 is 55.0 Å². The lowest BCUT2D eigenvalue weighted by atomic mass is 10.1. The van der Waals surface area contributed by atoms with Gasteiger partial charge in [0.2, 0.25) is 20.0 Å². The van der Waals surface area contributed by atoms with Crippen LogP contribution in [0.3, 0.4) is 0 Å². The van der Waals surface area contributed by atoms with E-state index in [9.17, 15) is 36.0 Å². The Bertz CT molecular complexity index is 3490. The van der Waals surface area contributed by atoms with Crippen LogP contribution in [0.15, 0.2) is 123 Å². The number of aromatic nitrogens is 2. The maximum absolute atomic E-state index is 13.6. The van der Waals surface area contributed by atoms with Crippen LogP contribution in [0.1, 0.15) is 141 Å². The zero-order valence-corrected chi connectivity index (χ0v) is 56.2. The number of benzene rings is 4. The van der Waals surface area contributed by atoms with Gasteiger partial charge in [-0.1, -0.05) is 80.2 Å². The normalized spacial score (nSPS) is 16.8. The number of hydrogen-bond donors (Lipinski definition) is 8. The van der Waals surface area contributed by atoms with Gasteiger partial charge in [-0.3, -0.25) is 0 Å². The summed E-state index contributed by atoms with van der Waals surface area (Å²) in [5.41, 5.74) is 2.40. The number of nitrogens with one attached hydrogen (secondary N) is 8. The van der Waals surface area contributed by atoms with Crippen LogP contribution < -0.4 is 41.3 Å². The van der Waals surface area contributed by atoms with E-state index in [0.29, 0.717) is 71.5 Å². The number of rotatable bonds is 17. The van der Waals surface area contributed by atoms with E-state index >= 15 is 0 Å². The molecular formula is C62H85BrN10O12S4. The molecule has 0 unspecified atom stereocenters. The molecule has 486 valence electrons. The Kier molecular flexibility index (Phi) is 27.5. The van der Waals surface area contributed by atoms with Crippen LogP contribution in [-0.4, -0.2) is 99.6 Å². The molecule has 4 heterocycles. The van der Waals surface area contributed by atoms with E-state index in [1.807, 2.05) is 74.5 Å². The van der Waals surface area contributed by atoms with Gasteiger partial charge >= 0.3 is 24.2 Å². The highest BCUT2D eigenvalue weighted by Gasteiger charge is 2.31. The molecule has 2 aliphatic heterocycles. The van der Waals surface area contributed by atoms with Gasteiger partial charge in [-0.15, -0.1) is 22.7 Å². The fourth-order valence-corrected chi connectivity index (χ4v) is 14.5. The van der Waals surface area contributed by atoms with Gasteiger partial charge in [0.25, 0.3) is 0 Å². The SMILES string of the molecule is C.CC(C)OC(=O)N[C@@H]1CC[C@@H](c2ncc(-c3ccc(NC(=O)NCc4ccccc4)cc3S(=O)(=O)NC(C)(C)C)s2)OC1.CC(C)OC(=O)N[C@@H]1CC[C@@H](c2ncc(Br)s2)OC1.Cc1ccc(NC(=O)NCc2ccccc2)cc1S(=O)(=O)NC(C)(C)C. The lowest BCUT2D eigenvalue weighted by molar-refractivity contribution is -0.00533. The van der Waals surface area contributed by atoms with Gasteiger partial charge in [-0.25, -0.2) is 55.4 Å². The number of amides is 6. The molecule has 2 aromatic heterocycles. The zero-order chi connectivity index (χ0) is 64.4.